The van der Waals surface area contributed by atoms with E-state index in [1.807, 2.05) is 43.3 Å². The second-order valence-corrected chi connectivity index (χ2v) is 8.60. The van der Waals surface area contributed by atoms with E-state index in [-0.39, 0.29) is 18.0 Å². The first-order valence-corrected chi connectivity index (χ1v) is 10.7. The zero-order valence-corrected chi connectivity index (χ0v) is 19.4. The Morgan fingerprint density at radius 3 is 2.65 bits per heavy atom. The van der Waals surface area contributed by atoms with E-state index < -0.39 is 11.5 Å². The molecule has 0 aliphatic heterocycles. The molecule has 4 aromatic rings. The van der Waals surface area contributed by atoms with Crippen molar-refractivity contribution < 1.29 is 9.21 Å². The molecule has 2 aromatic carbocycles. The Labute approximate surface area is 194 Å². The zero-order valence-electron chi connectivity index (χ0n) is 17.0. The summed E-state index contributed by atoms with van der Waals surface area (Å²) in [5.74, 6) is -0.427. The van der Waals surface area contributed by atoms with Crippen LogP contribution in [0.5, 0.6) is 0 Å². The third-order valence-electron chi connectivity index (χ3n) is 4.69. The summed E-state index contributed by atoms with van der Waals surface area (Å²) in [6, 6.07) is 14.2. The Hall–Kier alpha value is -2.45. The first kappa shape index (κ1) is 23.2. The maximum absolute atomic E-state index is 13.4. The number of rotatable bonds is 6. The summed E-state index contributed by atoms with van der Waals surface area (Å²) in [5, 5.41) is 1.73. The molecular formula is C22H21Cl2N3O3S. The van der Waals surface area contributed by atoms with Crippen LogP contribution in [-0.4, -0.2) is 43.0 Å². The Balaban J connectivity index is 0.00000272. The van der Waals surface area contributed by atoms with Crippen LogP contribution in [0.3, 0.4) is 0 Å². The zero-order chi connectivity index (χ0) is 21.3. The van der Waals surface area contributed by atoms with Gasteiger partial charge in [-0.05, 0) is 51.3 Å². The summed E-state index contributed by atoms with van der Waals surface area (Å²) in [5.41, 5.74) is 0.430. The molecule has 0 saturated heterocycles. The second-order valence-electron chi connectivity index (χ2n) is 7.18. The lowest BCUT2D eigenvalue weighted by atomic mass is 10.1. The van der Waals surface area contributed by atoms with Gasteiger partial charge >= 0.3 is 5.63 Å². The lowest BCUT2D eigenvalue weighted by Crippen LogP contribution is -2.36. The van der Waals surface area contributed by atoms with E-state index in [2.05, 4.69) is 4.98 Å². The van der Waals surface area contributed by atoms with Crippen LogP contribution in [0.15, 0.2) is 57.7 Å². The monoisotopic (exact) mass is 477 g/mol. The number of halogens is 2. The molecular weight excluding hydrogens is 457 g/mol. The topological polar surface area (TPSA) is 66.7 Å². The number of carbonyl (C=O) groups is 1. The van der Waals surface area contributed by atoms with Crippen LogP contribution in [0.2, 0.25) is 5.02 Å². The molecule has 0 radical (unpaired) electrons. The maximum Gasteiger partial charge on any atom is 0.349 e. The lowest BCUT2D eigenvalue weighted by molar-refractivity contribution is 0.0982. The van der Waals surface area contributed by atoms with Crippen molar-refractivity contribution in [1.29, 1.82) is 0 Å². The van der Waals surface area contributed by atoms with Gasteiger partial charge < -0.3 is 9.32 Å². The summed E-state index contributed by atoms with van der Waals surface area (Å²) in [4.78, 5) is 34.2. The van der Waals surface area contributed by atoms with Gasteiger partial charge in [-0.25, -0.2) is 9.78 Å². The number of thiazole rings is 1. The van der Waals surface area contributed by atoms with Crippen LogP contribution in [0.4, 0.5) is 5.13 Å². The predicted molar refractivity (Wildman–Crippen MR) is 129 cm³/mol. The van der Waals surface area contributed by atoms with Crippen LogP contribution in [0, 0.1) is 0 Å². The highest BCUT2D eigenvalue weighted by atomic mass is 35.5. The van der Waals surface area contributed by atoms with Crippen molar-refractivity contribution in [2.24, 2.45) is 0 Å². The fourth-order valence-electron chi connectivity index (χ4n) is 3.20. The van der Waals surface area contributed by atoms with Gasteiger partial charge in [-0.2, -0.15) is 0 Å². The average Bonchev–Trinajstić information content (AvgIpc) is 3.15. The highest BCUT2D eigenvalue weighted by Crippen LogP contribution is 2.33. The van der Waals surface area contributed by atoms with Crippen LogP contribution in [0.25, 0.3) is 21.2 Å². The minimum absolute atomic E-state index is 0. The molecule has 0 bridgehead atoms. The van der Waals surface area contributed by atoms with Gasteiger partial charge in [-0.3, -0.25) is 9.69 Å². The molecule has 2 aromatic heterocycles. The molecule has 162 valence electrons. The maximum atomic E-state index is 13.4. The molecule has 9 heteroatoms. The molecule has 0 N–H and O–H groups in total. The van der Waals surface area contributed by atoms with E-state index in [4.69, 9.17) is 16.0 Å². The molecule has 6 nitrogen and oxygen atoms in total. The summed E-state index contributed by atoms with van der Waals surface area (Å²) in [6.07, 6.45) is 0.724. The third kappa shape index (κ3) is 4.91. The SMILES string of the molecule is CN(C)CCCN(C(=O)c1cc2ccccc2oc1=O)c1nc2c(Cl)cccc2s1.Cl. The number of carbonyl (C=O) groups excluding carboxylic acids is 1. The van der Waals surface area contributed by atoms with Crippen molar-refractivity contribution in [2.45, 2.75) is 6.42 Å². The molecule has 0 aliphatic carbocycles. The van der Waals surface area contributed by atoms with Gasteiger partial charge in [0, 0.05) is 11.9 Å². The number of para-hydroxylation sites is 2. The van der Waals surface area contributed by atoms with Gasteiger partial charge in [-0.1, -0.05) is 47.2 Å². The Morgan fingerprint density at radius 2 is 1.90 bits per heavy atom. The van der Waals surface area contributed by atoms with Crippen molar-refractivity contribution in [3.05, 3.63) is 69.5 Å². The number of anilines is 1. The lowest BCUT2D eigenvalue weighted by Gasteiger charge is -2.20. The Bertz CT molecular complexity index is 1290. The highest BCUT2D eigenvalue weighted by Gasteiger charge is 2.25. The van der Waals surface area contributed by atoms with Crippen molar-refractivity contribution >= 4 is 67.6 Å². The fraction of sp³-hybridized carbons (Fsp3) is 0.227. The predicted octanol–water partition coefficient (Wildman–Crippen LogP) is 5.08. The number of fused-ring (bicyclic) bond motifs is 2. The van der Waals surface area contributed by atoms with E-state index >= 15 is 0 Å². The van der Waals surface area contributed by atoms with Gasteiger partial charge in [0.05, 0.1) is 9.72 Å². The minimum atomic E-state index is -0.657. The van der Waals surface area contributed by atoms with E-state index in [1.165, 1.54) is 11.3 Å². The van der Waals surface area contributed by atoms with Gasteiger partial charge in [0.2, 0.25) is 0 Å². The Kier molecular flexibility index (Phi) is 7.33. The minimum Gasteiger partial charge on any atom is -0.422 e. The number of amides is 1. The number of hydrogen-bond acceptors (Lipinski definition) is 6. The van der Waals surface area contributed by atoms with E-state index in [0.717, 1.165) is 17.7 Å². The van der Waals surface area contributed by atoms with Crippen LogP contribution >= 0.6 is 35.3 Å². The first-order valence-electron chi connectivity index (χ1n) is 9.48. The standard InChI is InChI=1S/C22H20ClN3O3S.ClH/c1-25(2)11-6-12-26(22-24-19-16(23)8-5-10-18(19)30-22)20(27)15-13-14-7-3-4-9-17(14)29-21(15)28;/h3-5,7-10,13H,6,11-12H2,1-2H3;1H. The molecule has 0 aliphatic rings. The molecule has 4 rings (SSSR count). The van der Waals surface area contributed by atoms with Crippen molar-refractivity contribution in [3.8, 4) is 0 Å². The normalized spacial score (nSPS) is 11.1. The number of hydrogen-bond donors (Lipinski definition) is 0. The summed E-state index contributed by atoms with van der Waals surface area (Å²) < 4.78 is 6.25. The van der Waals surface area contributed by atoms with E-state index in [9.17, 15) is 9.59 Å². The van der Waals surface area contributed by atoms with E-state index in [0.29, 0.717) is 33.2 Å². The number of benzene rings is 2. The largest absolute Gasteiger partial charge is 0.422 e. The van der Waals surface area contributed by atoms with Crippen LogP contribution < -0.4 is 10.5 Å². The van der Waals surface area contributed by atoms with Gasteiger partial charge in [0.1, 0.15) is 16.7 Å². The van der Waals surface area contributed by atoms with Gasteiger partial charge in [0.15, 0.2) is 5.13 Å². The number of aromatic nitrogens is 1. The average molecular weight is 478 g/mol. The molecule has 0 saturated carbocycles. The fourth-order valence-corrected chi connectivity index (χ4v) is 4.49. The van der Waals surface area contributed by atoms with Gasteiger partial charge in [-0.15, -0.1) is 12.4 Å². The first-order chi connectivity index (χ1) is 14.4. The second kappa shape index (κ2) is 9.78. The van der Waals surface area contributed by atoms with Crippen molar-refractivity contribution in [1.82, 2.24) is 9.88 Å². The summed E-state index contributed by atoms with van der Waals surface area (Å²) in [7, 11) is 3.95. The molecule has 2 heterocycles. The Morgan fingerprint density at radius 1 is 1.13 bits per heavy atom. The highest BCUT2D eigenvalue weighted by molar-refractivity contribution is 7.22. The molecule has 0 spiro atoms. The van der Waals surface area contributed by atoms with Crippen molar-refractivity contribution in [3.63, 3.8) is 0 Å². The third-order valence-corrected chi connectivity index (χ3v) is 6.04. The van der Waals surface area contributed by atoms with E-state index in [1.54, 1.807) is 29.2 Å². The van der Waals surface area contributed by atoms with Gasteiger partial charge in [0.25, 0.3) is 5.91 Å². The van der Waals surface area contributed by atoms with Crippen LogP contribution in [0.1, 0.15) is 16.8 Å². The summed E-state index contributed by atoms with van der Waals surface area (Å²) in [6.45, 7) is 1.21. The van der Waals surface area contributed by atoms with Crippen LogP contribution in [-0.2, 0) is 0 Å². The molecule has 0 unspecified atom stereocenters. The molecule has 1 amide bonds. The quantitative estimate of drug-likeness (QED) is 0.362. The molecule has 0 fully saturated rings. The molecule has 0 atom stereocenters. The number of nitrogens with zero attached hydrogens (tertiary/aromatic N) is 3. The smallest absolute Gasteiger partial charge is 0.349 e. The van der Waals surface area contributed by atoms with Crippen molar-refractivity contribution in [2.75, 3.05) is 32.1 Å². The summed E-state index contributed by atoms with van der Waals surface area (Å²) >= 11 is 7.65. The molecule has 31 heavy (non-hydrogen) atoms.